The third-order valence-corrected chi connectivity index (χ3v) is 4.18. The minimum absolute atomic E-state index is 0.145. The van der Waals surface area contributed by atoms with Gasteiger partial charge in [0.25, 0.3) is 0 Å². The van der Waals surface area contributed by atoms with E-state index in [-0.39, 0.29) is 6.61 Å². The predicted molar refractivity (Wildman–Crippen MR) is 81.2 cm³/mol. The van der Waals surface area contributed by atoms with Gasteiger partial charge in [0, 0.05) is 11.2 Å². The highest BCUT2D eigenvalue weighted by Crippen LogP contribution is 2.54. The summed E-state index contributed by atoms with van der Waals surface area (Å²) in [5.74, 6) is 0.513. The van der Waals surface area contributed by atoms with Crippen molar-refractivity contribution in [3.05, 3.63) is 65.2 Å². The van der Waals surface area contributed by atoms with Crippen molar-refractivity contribution in [2.75, 3.05) is 0 Å². The quantitative estimate of drug-likeness (QED) is 0.708. The van der Waals surface area contributed by atoms with E-state index in [0.29, 0.717) is 5.75 Å². The molecular formula is C15H16ClO3P. The van der Waals surface area contributed by atoms with Gasteiger partial charge in [-0.05, 0) is 30.5 Å². The summed E-state index contributed by atoms with van der Waals surface area (Å²) in [5, 5.41) is 0. The van der Waals surface area contributed by atoms with Crippen molar-refractivity contribution in [1.82, 2.24) is 0 Å². The molecule has 0 radical (unpaired) electrons. The van der Waals surface area contributed by atoms with Gasteiger partial charge in [0.1, 0.15) is 5.75 Å². The van der Waals surface area contributed by atoms with Crippen LogP contribution < -0.4 is 4.52 Å². The summed E-state index contributed by atoms with van der Waals surface area (Å²) in [4.78, 5) is 0. The molecule has 2 aromatic rings. The van der Waals surface area contributed by atoms with Crippen molar-refractivity contribution in [1.29, 1.82) is 0 Å². The first-order chi connectivity index (χ1) is 9.48. The molecule has 2 aromatic carbocycles. The highest BCUT2D eigenvalue weighted by Gasteiger charge is 2.24. The SMILES string of the molecule is Cc1cccc(C)c1OP(=O)(Cl)OCc1ccccc1. The van der Waals surface area contributed by atoms with Crippen LogP contribution in [0.3, 0.4) is 0 Å². The summed E-state index contributed by atoms with van der Waals surface area (Å²) in [5.41, 5.74) is 2.63. The third kappa shape index (κ3) is 4.11. The van der Waals surface area contributed by atoms with Crippen LogP contribution in [0, 0.1) is 13.8 Å². The minimum atomic E-state index is -3.66. The molecule has 0 fully saturated rings. The Morgan fingerprint density at radius 1 is 1.00 bits per heavy atom. The van der Waals surface area contributed by atoms with Crippen LogP contribution in [0.15, 0.2) is 48.5 Å². The Balaban J connectivity index is 2.06. The van der Waals surface area contributed by atoms with Crippen molar-refractivity contribution in [2.45, 2.75) is 20.5 Å². The van der Waals surface area contributed by atoms with E-state index in [1.165, 1.54) is 0 Å². The number of aryl methyl sites for hydroxylation is 2. The Labute approximate surface area is 123 Å². The summed E-state index contributed by atoms with van der Waals surface area (Å²) in [6, 6.07) is 15.0. The van der Waals surface area contributed by atoms with E-state index < -0.39 is 6.95 Å². The second-order valence-electron chi connectivity index (χ2n) is 4.50. The molecule has 0 N–H and O–H groups in total. The second-order valence-corrected chi connectivity index (χ2v) is 7.05. The fourth-order valence-corrected chi connectivity index (χ4v) is 3.02. The number of para-hydroxylation sites is 1. The van der Waals surface area contributed by atoms with E-state index in [9.17, 15) is 4.57 Å². The van der Waals surface area contributed by atoms with Crippen LogP contribution in [0.5, 0.6) is 5.75 Å². The van der Waals surface area contributed by atoms with E-state index in [4.69, 9.17) is 20.3 Å². The largest absolute Gasteiger partial charge is 0.477 e. The molecule has 1 atom stereocenters. The number of hydrogen-bond donors (Lipinski definition) is 0. The Morgan fingerprint density at radius 2 is 1.60 bits per heavy atom. The maximum atomic E-state index is 12.2. The number of rotatable bonds is 5. The highest BCUT2D eigenvalue weighted by atomic mass is 35.7. The summed E-state index contributed by atoms with van der Waals surface area (Å²) >= 11 is 5.88. The van der Waals surface area contributed by atoms with Crippen LogP contribution in [0.2, 0.25) is 0 Å². The van der Waals surface area contributed by atoms with Gasteiger partial charge in [-0.15, -0.1) is 0 Å². The molecule has 1 unspecified atom stereocenters. The van der Waals surface area contributed by atoms with Crippen molar-refractivity contribution in [2.24, 2.45) is 0 Å². The van der Waals surface area contributed by atoms with Crippen LogP contribution in [-0.4, -0.2) is 0 Å². The van der Waals surface area contributed by atoms with E-state index >= 15 is 0 Å². The van der Waals surface area contributed by atoms with Crippen LogP contribution in [-0.2, 0) is 15.7 Å². The summed E-state index contributed by atoms with van der Waals surface area (Å²) < 4.78 is 22.8. The zero-order valence-corrected chi connectivity index (χ0v) is 13.0. The number of benzene rings is 2. The molecule has 0 saturated carbocycles. The first-order valence-corrected chi connectivity index (χ1v) is 8.67. The van der Waals surface area contributed by atoms with Gasteiger partial charge in [0.05, 0.1) is 6.61 Å². The topological polar surface area (TPSA) is 35.5 Å². The van der Waals surface area contributed by atoms with Crippen LogP contribution in [0.25, 0.3) is 0 Å². The van der Waals surface area contributed by atoms with E-state index in [1.807, 2.05) is 62.4 Å². The third-order valence-electron chi connectivity index (χ3n) is 2.84. The Kier molecular flexibility index (Phi) is 4.87. The van der Waals surface area contributed by atoms with Gasteiger partial charge in [-0.25, -0.2) is 4.57 Å². The molecule has 0 aliphatic rings. The number of hydrogen-bond acceptors (Lipinski definition) is 3. The molecule has 5 heteroatoms. The van der Waals surface area contributed by atoms with Gasteiger partial charge < -0.3 is 4.52 Å². The Hall–Kier alpha value is -1.28. The molecule has 0 heterocycles. The maximum absolute atomic E-state index is 12.2. The molecule has 20 heavy (non-hydrogen) atoms. The molecule has 0 aliphatic heterocycles. The van der Waals surface area contributed by atoms with Crippen molar-refractivity contribution >= 4 is 18.2 Å². The minimum Gasteiger partial charge on any atom is -0.413 e. The van der Waals surface area contributed by atoms with E-state index in [1.54, 1.807) is 0 Å². The van der Waals surface area contributed by atoms with Gasteiger partial charge in [-0.2, -0.15) is 0 Å². The van der Waals surface area contributed by atoms with Gasteiger partial charge in [0.2, 0.25) is 0 Å². The molecule has 106 valence electrons. The molecule has 0 saturated heterocycles. The lowest BCUT2D eigenvalue weighted by Gasteiger charge is -2.16. The monoisotopic (exact) mass is 310 g/mol. The smallest absolute Gasteiger partial charge is 0.413 e. The molecule has 0 spiro atoms. The maximum Gasteiger partial charge on any atom is 0.477 e. The lowest BCUT2D eigenvalue weighted by atomic mass is 10.1. The molecule has 0 amide bonds. The normalized spacial score (nSPS) is 13.8. The fraction of sp³-hybridized carbons (Fsp3) is 0.200. The second kappa shape index (κ2) is 6.45. The van der Waals surface area contributed by atoms with E-state index in [2.05, 4.69) is 0 Å². The molecule has 0 bridgehead atoms. The standard InChI is InChI=1S/C15H16ClO3P/c1-12-7-6-8-13(2)15(12)19-20(16,17)18-11-14-9-4-3-5-10-14/h3-10H,11H2,1-2H3. The zero-order chi connectivity index (χ0) is 14.6. The van der Waals surface area contributed by atoms with Gasteiger partial charge >= 0.3 is 6.95 Å². The Morgan fingerprint density at radius 3 is 2.20 bits per heavy atom. The van der Waals surface area contributed by atoms with Crippen LogP contribution in [0.4, 0.5) is 0 Å². The van der Waals surface area contributed by atoms with Gasteiger partial charge in [-0.3, -0.25) is 4.52 Å². The van der Waals surface area contributed by atoms with Crippen LogP contribution >= 0.6 is 18.2 Å². The highest BCUT2D eigenvalue weighted by molar-refractivity contribution is 7.81. The van der Waals surface area contributed by atoms with Gasteiger partial charge in [-0.1, -0.05) is 48.5 Å². The average molecular weight is 311 g/mol. The molecule has 3 nitrogen and oxygen atoms in total. The Bertz CT molecular complexity index is 608. The average Bonchev–Trinajstić information content (AvgIpc) is 2.42. The lowest BCUT2D eigenvalue weighted by molar-refractivity contribution is 0.269. The summed E-state index contributed by atoms with van der Waals surface area (Å²) in [7, 11) is 0. The summed E-state index contributed by atoms with van der Waals surface area (Å²) in [6.45, 7) is 0.227. The zero-order valence-electron chi connectivity index (χ0n) is 11.4. The van der Waals surface area contributed by atoms with Crippen LogP contribution in [0.1, 0.15) is 16.7 Å². The lowest BCUT2D eigenvalue weighted by Crippen LogP contribution is -1.97. The molecule has 2 rings (SSSR count). The summed E-state index contributed by atoms with van der Waals surface area (Å²) in [6.07, 6.45) is 0. The molecular weight excluding hydrogens is 295 g/mol. The number of halogens is 1. The first-order valence-electron chi connectivity index (χ1n) is 6.22. The molecule has 0 aliphatic carbocycles. The van der Waals surface area contributed by atoms with Gasteiger partial charge in [0.15, 0.2) is 0 Å². The van der Waals surface area contributed by atoms with Crippen molar-refractivity contribution in [3.8, 4) is 5.75 Å². The van der Waals surface area contributed by atoms with Crippen molar-refractivity contribution in [3.63, 3.8) is 0 Å². The first kappa shape index (κ1) is 15.1. The molecule has 0 aromatic heterocycles. The fourth-order valence-electron chi connectivity index (χ4n) is 1.80. The van der Waals surface area contributed by atoms with Crippen molar-refractivity contribution < 1.29 is 13.6 Å². The van der Waals surface area contributed by atoms with E-state index in [0.717, 1.165) is 16.7 Å². The predicted octanol–water partition coefficient (Wildman–Crippen LogP) is 5.25.